The third-order valence-corrected chi connectivity index (χ3v) is 3.91. The Balaban J connectivity index is 0.00000133. The van der Waals surface area contributed by atoms with Crippen molar-refractivity contribution in [1.29, 1.82) is 0 Å². The van der Waals surface area contributed by atoms with E-state index in [4.69, 9.17) is 4.74 Å². The average Bonchev–Trinajstić information content (AvgIpc) is 2.97. The minimum Gasteiger partial charge on any atom is -0.379 e. The second-order valence-corrected chi connectivity index (χ2v) is 5.21. The molecular formula is C13H20ClN3O2. The monoisotopic (exact) mass is 285 g/mol. The van der Waals surface area contributed by atoms with E-state index in [-0.39, 0.29) is 18.3 Å². The molecule has 0 radical (unpaired) electrons. The van der Waals surface area contributed by atoms with Crippen LogP contribution in [0.15, 0.2) is 6.20 Å². The van der Waals surface area contributed by atoms with Gasteiger partial charge in [-0.2, -0.15) is 5.10 Å². The van der Waals surface area contributed by atoms with Gasteiger partial charge in [-0.1, -0.05) is 0 Å². The number of ether oxygens (including phenoxy) is 1. The molecule has 2 fully saturated rings. The maximum Gasteiger partial charge on any atom is 0.220 e. The van der Waals surface area contributed by atoms with Gasteiger partial charge in [-0.15, -0.1) is 12.4 Å². The second-order valence-electron chi connectivity index (χ2n) is 5.21. The third-order valence-electron chi connectivity index (χ3n) is 3.91. The Hall–Kier alpha value is -1.07. The van der Waals surface area contributed by atoms with Crippen molar-refractivity contribution in [2.45, 2.75) is 38.1 Å². The molecule has 19 heavy (non-hydrogen) atoms. The van der Waals surface area contributed by atoms with Crippen molar-refractivity contribution in [2.75, 3.05) is 19.8 Å². The predicted molar refractivity (Wildman–Crippen MR) is 73.7 cm³/mol. The molecule has 1 aromatic rings. The van der Waals surface area contributed by atoms with Crippen LogP contribution in [0.4, 0.5) is 0 Å². The Kier molecular flexibility index (Phi) is 4.47. The number of aryl methyl sites for hydroxylation is 1. The number of amides is 1. The lowest BCUT2D eigenvalue weighted by Gasteiger charge is -2.25. The van der Waals surface area contributed by atoms with Gasteiger partial charge in [0.2, 0.25) is 5.91 Å². The van der Waals surface area contributed by atoms with Crippen LogP contribution in [0.25, 0.3) is 0 Å². The van der Waals surface area contributed by atoms with Gasteiger partial charge in [-0.05, 0) is 25.3 Å². The lowest BCUT2D eigenvalue weighted by Crippen LogP contribution is -2.34. The number of hydrogen-bond donors (Lipinski definition) is 1. The first-order valence-corrected chi connectivity index (χ1v) is 6.64. The third kappa shape index (κ3) is 2.77. The largest absolute Gasteiger partial charge is 0.379 e. The molecule has 1 aromatic heterocycles. The highest BCUT2D eigenvalue weighted by Gasteiger charge is 2.29. The molecule has 5 nitrogen and oxygen atoms in total. The van der Waals surface area contributed by atoms with E-state index in [0.29, 0.717) is 18.4 Å². The molecule has 106 valence electrons. The molecule has 2 aliphatic heterocycles. The number of nitrogens with zero attached hydrogens (tertiary/aromatic N) is 2. The molecule has 0 bridgehead atoms. The molecule has 6 heteroatoms. The topological polar surface area (TPSA) is 56.1 Å². The second kappa shape index (κ2) is 5.92. The lowest BCUT2D eigenvalue weighted by atomic mass is 9.91. The molecule has 2 atom stereocenters. The van der Waals surface area contributed by atoms with Crippen LogP contribution in [0.1, 0.15) is 42.5 Å². The summed E-state index contributed by atoms with van der Waals surface area (Å²) in [5.41, 5.74) is 2.43. The van der Waals surface area contributed by atoms with Gasteiger partial charge in [0, 0.05) is 31.2 Å². The maximum absolute atomic E-state index is 11.5. The molecule has 1 amide bonds. The molecule has 0 spiro atoms. The number of aromatic nitrogens is 2. The van der Waals surface area contributed by atoms with Crippen LogP contribution in [-0.2, 0) is 9.53 Å². The van der Waals surface area contributed by atoms with E-state index in [1.807, 2.05) is 6.20 Å². The summed E-state index contributed by atoms with van der Waals surface area (Å²) in [4.78, 5) is 11.5. The SMILES string of the molecule is Cc1cnn([C@H]2CCOC2)c1C1CCNC(=O)C1.Cl. The van der Waals surface area contributed by atoms with Gasteiger partial charge in [0.15, 0.2) is 0 Å². The van der Waals surface area contributed by atoms with Crippen molar-refractivity contribution in [3.63, 3.8) is 0 Å². The molecule has 0 aliphatic carbocycles. The van der Waals surface area contributed by atoms with Crippen LogP contribution in [0.5, 0.6) is 0 Å². The van der Waals surface area contributed by atoms with Crippen LogP contribution in [0.3, 0.4) is 0 Å². The number of hydrogen-bond acceptors (Lipinski definition) is 3. The minimum absolute atomic E-state index is 0. The van der Waals surface area contributed by atoms with Gasteiger partial charge in [-0.3, -0.25) is 9.48 Å². The molecule has 1 unspecified atom stereocenters. The number of piperidine rings is 1. The zero-order valence-corrected chi connectivity index (χ0v) is 11.9. The van der Waals surface area contributed by atoms with Gasteiger partial charge in [0.05, 0.1) is 18.8 Å². The summed E-state index contributed by atoms with van der Waals surface area (Å²) in [7, 11) is 0. The number of halogens is 1. The van der Waals surface area contributed by atoms with Crippen LogP contribution in [-0.4, -0.2) is 35.4 Å². The summed E-state index contributed by atoms with van der Waals surface area (Å²) in [5, 5.41) is 7.39. The van der Waals surface area contributed by atoms with E-state index in [2.05, 4.69) is 22.0 Å². The molecule has 3 heterocycles. The first kappa shape index (κ1) is 14.3. The Morgan fingerprint density at radius 3 is 3.00 bits per heavy atom. The van der Waals surface area contributed by atoms with Crippen molar-refractivity contribution in [3.05, 3.63) is 17.5 Å². The van der Waals surface area contributed by atoms with Crippen LogP contribution in [0.2, 0.25) is 0 Å². The zero-order chi connectivity index (χ0) is 12.5. The Labute approximate surface area is 119 Å². The molecule has 1 N–H and O–H groups in total. The highest BCUT2D eigenvalue weighted by Crippen LogP contribution is 2.31. The quantitative estimate of drug-likeness (QED) is 0.897. The molecule has 0 aromatic carbocycles. The van der Waals surface area contributed by atoms with Gasteiger partial charge < -0.3 is 10.1 Å². The first-order chi connectivity index (χ1) is 8.75. The van der Waals surface area contributed by atoms with Gasteiger partial charge in [0.1, 0.15) is 0 Å². The molecule has 2 aliphatic rings. The van der Waals surface area contributed by atoms with Crippen molar-refractivity contribution < 1.29 is 9.53 Å². The summed E-state index contributed by atoms with van der Waals surface area (Å²) < 4.78 is 7.55. The van der Waals surface area contributed by atoms with E-state index in [9.17, 15) is 4.79 Å². The van der Waals surface area contributed by atoms with Gasteiger partial charge in [-0.25, -0.2) is 0 Å². The fraction of sp³-hybridized carbons (Fsp3) is 0.692. The van der Waals surface area contributed by atoms with E-state index in [1.165, 1.54) is 11.3 Å². The number of rotatable bonds is 2. The zero-order valence-electron chi connectivity index (χ0n) is 11.1. The normalized spacial score (nSPS) is 26.9. The molecule has 0 saturated carbocycles. The van der Waals surface area contributed by atoms with Gasteiger partial charge in [0.25, 0.3) is 0 Å². The summed E-state index contributed by atoms with van der Waals surface area (Å²) >= 11 is 0. The Morgan fingerprint density at radius 1 is 1.47 bits per heavy atom. The van der Waals surface area contributed by atoms with Crippen molar-refractivity contribution in [2.24, 2.45) is 0 Å². The highest BCUT2D eigenvalue weighted by molar-refractivity contribution is 5.85. The number of carbonyl (C=O) groups excluding carboxylic acids is 1. The smallest absolute Gasteiger partial charge is 0.220 e. The van der Waals surface area contributed by atoms with E-state index < -0.39 is 0 Å². The van der Waals surface area contributed by atoms with Crippen molar-refractivity contribution >= 4 is 18.3 Å². The molecular weight excluding hydrogens is 266 g/mol. The minimum atomic E-state index is 0. The summed E-state index contributed by atoms with van der Waals surface area (Å²) in [6.45, 7) is 4.41. The van der Waals surface area contributed by atoms with Crippen LogP contribution >= 0.6 is 12.4 Å². The van der Waals surface area contributed by atoms with Gasteiger partial charge >= 0.3 is 0 Å². The lowest BCUT2D eigenvalue weighted by molar-refractivity contribution is -0.122. The van der Waals surface area contributed by atoms with Crippen molar-refractivity contribution in [3.8, 4) is 0 Å². The maximum atomic E-state index is 11.5. The van der Waals surface area contributed by atoms with Crippen LogP contribution < -0.4 is 5.32 Å². The Bertz CT molecular complexity index is 455. The molecule has 3 rings (SSSR count). The predicted octanol–water partition coefficient (Wildman–Crippen LogP) is 1.57. The first-order valence-electron chi connectivity index (χ1n) is 6.64. The summed E-state index contributed by atoms with van der Waals surface area (Å²) in [6.07, 6.45) is 4.53. The standard InChI is InChI=1S/C13H19N3O2.ClH/c1-9-7-15-16(11-3-5-18-8-11)13(9)10-2-4-14-12(17)6-10;/h7,10-11H,2-6,8H2,1H3,(H,14,17);1H/t10?,11-;/m0./s1. The van der Waals surface area contributed by atoms with E-state index in [1.54, 1.807) is 0 Å². The Morgan fingerprint density at radius 2 is 2.32 bits per heavy atom. The average molecular weight is 286 g/mol. The molecule has 2 saturated heterocycles. The summed E-state index contributed by atoms with van der Waals surface area (Å²) in [5.74, 6) is 0.461. The van der Waals surface area contributed by atoms with E-state index in [0.717, 1.165) is 32.6 Å². The van der Waals surface area contributed by atoms with E-state index >= 15 is 0 Å². The fourth-order valence-electron chi connectivity index (χ4n) is 2.99. The summed E-state index contributed by atoms with van der Waals surface area (Å²) in [6, 6.07) is 0.346. The fourth-order valence-corrected chi connectivity index (χ4v) is 2.99. The van der Waals surface area contributed by atoms with Crippen LogP contribution in [0, 0.1) is 6.92 Å². The highest BCUT2D eigenvalue weighted by atomic mass is 35.5. The number of carbonyl (C=O) groups is 1. The number of nitrogens with one attached hydrogen (secondary N) is 1. The van der Waals surface area contributed by atoms with Crippen molar-refractivity contribution in [1.82, 2.24) is 15.1 Å².